The summed E-state index contributed by atoms with van der Waals surface area (Å²) in [4.78, 5) is 12.6. The monoisotopic (exact) mass is 261 g/mol. The number of rotatable bonds is 3. The van der Waals surface area contributed by atoms with E-state index in [2.05, 4.69) is 5.32 Å². The molecule has 0 bridgehead atoms. The van der Waals surface area contributed by atoms with Gasteiger partial charge in [-0.05, 0) is 19.1 Å². The van der Waals surface area contributed by atoms with E-state index in [9.17, 15) is 4.79 Å². The summed E-state index contributed by atoms with van der Waals surface area (Å²) < 4.78 is 10.6. The van der Waals surface area contributed by atoms with Crippen LogP contribution in [0.2, 0.25) is 0 Å². The predicted octanol–water partition coefficient (Wildman–Crippen LogP) is 1.56. The van der Waals surface area contributed by atoms with Crippen LogP contribution < -0.4 is 14.8 Å². The molecular weight excluding hydrogens is 246 g/mol. The smallest absolute Gasteiger partial charge is 0.331 e. The molecule has 6 nitrogen and oxygen atoms in total. The first kappa shape index (κ1) is 13.0. The van der Waals surface area contributed by atoms with Crippen molar-refractivity contribution in [2.24, 2.45) is 0 Å². The average molecular weight is 261 g/mol. The number of methoxy groups -OCH3 is 2. The Hall–Kier alpha value is -2.42. The molecule has 6 heteroatoms. The van der Waals surface area contributed by atoms with Gasteiger partial charge in [0.05, 0.1) is 26.8 Å². The summed E-state index contributed by atoms with van der Waals surface area (Å²) in [6.45, 7) is 2.19. The third-order valence-corrected chi connectivity index (χ3v) is 3.21. The first-order valence-electron chi connectivity index (χ1n) is 5.81. The molecule has 0 saturated carbocycles. The molecule has 1 fully saturated rings. The van der Waals surface area contributed by atoms with Gasteiger partial charge in [0.25, 0.3) is 0 Å². The first-order valence-corrected chi connectivity index (χ1v) is 5.81. The van der Waals surface area contributed by atoms with E-state index in [0.717, 1.165) is 21.8 Å². The van der Waals surface area contributed by atoms with E-state index < -0.39 is 0 Å². The Kier molecular flexibility index (Phi) is 3.47. The zero-order valence-corrected chi connectivity index (χ0v) is 11.1. The van der Waals surface area contributed by atoms with Crippen LogP contribution in [0.1, 0.15) is 17.2 Å². The van der Waals surface area contributed by atoms with Crippen LogP contribution in [0.4, 0.5) is 4.79 Å². The second kappa shape index (κ2) is 5.06. The third-order valence-electron chi connectivity index (χ3n) is 3.21. The zero-order valence-electron chi connectivity index (χ0n) is 11.1. The number of hydrogen-bond donors (Lipinski definition) is 1. The van der Waals surface area contributed by atoms with Gasteiger partial charge in [-0.1, -0.05) is 0 Å². The summed E-state index contributed by atoms with van der Waals surface area (Å²) in [5.74, 6) is 1.39. The number of ether oxygens (including phenoxy) is 2. The number of urea groups is 1. The van der Waals surface area contributed by atoms with Gasteiger partial charge in [0.15, 0.2) is 6.19 Å². The Morgan fingerprint density at radius 3 is 2.68 bits per heavy atom. The van der Waals surface area contributed by atoms with Crippen LogP contribution in [-0.2, 0) is 0 Å². The molecule has 1 aromatic rings. The molecule has 1 aliphatic rings. The van der Waals surface area contributed by atoms with Crippen LogP contribution in [0.3, 0.4) is 0 Å². The zero-order chi connectivity index (χ0) is 14.0. The maximum Gasteiger partial charge on any atom is 0.331 e. The molecule has 19 heavy (non-hydrogen) atoms. The van der Waals surface area contributed by atoms with Crippen molar-refractivity contribution in [1.29, 1.82) is 5.26 Å². The molecule has 1 saturated heterocycles. The highest BCUT2D eigenvalue weighted by atomic mass is 16.5. The Morgan fingerprint density at radius 2 is 2.16 bits per heavy atom. The summed E-state index contributed by atoms with van der Waals surface area (Å²) in [6, 6.07) is 3.03. The molecule has 0 spiro atoms. The SMILES string of the molecule is COc1ccc(C2CN(C#N)C(=O)N2)c(OC)c1C. The van der Waals surface area contributed by atoms with E-state index in [0.29, 0.717) is 12.3 Å². The molecule has 100 valence electrons. The van der Waals surface area contributed by atoms with Gasteiger partial charge in [-0.25, -0.2) is 9.69 Å². The van der Waals surface area contributed by atoms with Crippen molar-refractivity contribution >= 4 is 6.03 Å². The molecule has 1 unspecified atom stereocenters. The summed E-state index contributed by atoms with van der Waals surface area (Å²) in [6.07, 6.45) is 1.84. The minimum absolute atomic E-state index is 0.258. The highest BCUT2D eigenvalue weighted by Crippen LogP contribution is 2.36. The summed E-state index contributed by atoms with van der Waals surface area (Å²) in [5.41, 5.74) is 1.71. The van der Waals surface area contributed by atoms with Crippen molar-refractivity contribution in [1.82, 2.24) is 10.2 Å². The van der Waals surface area contributed by atoms with Crippen LogP contribution in [0.25, 0.3) is 0 Å². The van der Waals surface area contributed by atoms with E-state index in [1.807, 2.05) is 25.2 Å². The van der Waals surface area contributed by atoms with Gasteiger partial charge in [-0.15, -0.1) is 0 Å². The standard InChI is InChI=1S/C13H15N3O3/c1-8-11(18-2)5-4-9(12(8)19-3)10-6-16(7-14)13(17)15-10/h4-5,10H,6H2,1-3H3,(H,15,17). The van der Waals surface area contributed by atoms with E-state index >= 15 is 0 Å². The summed E-state index contributed by atoms with van der Waals surface area (Å²) in [7, 11) is 3.17. The number of nitriles is 1. The number of carbonyl (C=O) groups is 1. The van der Waals surface area contributed by atoms with E-state index in [4.69, 9.17) is 14.7 Å². The number of nitrogens with zero attached hydrogens (tertiary/aromatic N) is 2. The lowest BCUT2D eigenvalue weighted by atomic mass is 10.0. The Bertz CT molecular complexity index is 551. The maximum atomic E-state index is 11.5. The van der Waals surface area contributed by atoms with E-state index in [-0.39, 0.29) is 12.1 Å². The highest BCUT2D eigenvalue weighted by molar-refractivity contribution is 5.79. The Morgan fingerprint density at radius 1 is 1.42 bits per heavy atom. The van der Waals surface area contributed by atoms with Crippen molar-refractivity contribution in [2.45, 2.75) is 13.0 Å². The van der Waals surface area contributed by atoms with Crippen LogP contribution in [0.5, 0.6) is 11.5 Å². The van der Waals surface area contributed by atoms with E-state index in [1.54, 1.807) is 14.2 Å². The number of benzene rings is 1. The Labute approximate surface area is 111 Å². The van der Waals surface area contributed by atoms with Gasteiger partial charge < -0.3 is 14.8 Å². The lowest BCUT2D eigenvalue weighted by Gasteiger charge is -2.17. The molecule has 0 aromatic heterocycles. The Balaban J connectivity index is 2.39. The number of nitrogens with one attached hydrogen (secondary N) is 1. The van der Waals surface area contributed by atoms with Crippen LogP contribution in [-0.4, -0.2) is 31.7 Å². The number of carbonyl (C=O) groups excluding carboxylic acids is 1. The van der Waals surface area contributed by atoms with Crippen LogP contribution in [0.15, 0.2) is 12.1 Å². The fraction of sp³-hybridized carbons (Fsp3) is 0.385. The van der Waals surface area contributed by atoms with Gasteiger partial charge in [-0.3, -0.25) is 0 Å². The fourth-order valence-electron chi connectivity index (χ4n) is 2.26. The lowest BCUT2D eigenvalue weighted by Crippen LogP contribution is -2.23. The molecular formula is C13H15N3O3. The minimum Gasteiger partial charge on any atom is -0.496 e. The van der Waals surface area contributed by atoms with Crippen molar-refractivity contribution < 1.29 is 14.3 Å². The van der Waals surface area contributed by atoms with Crippen LogP contribution in [0, 0.1) is 18.4 Å². The van der Waals surface area contributed by atoms with Crippen molar-refractivity contribution in [2.75, 3.05) is 20.8 Å². The third kappa shape index (κ3) is 2.15. The molecule has 0 aliphatic carbocycles. The van der Waals surface area contributed by atoms with Gasteiger partial charge in [0.1, 0.15) is 11.5 Å². The molecule has 2 rings (SSSR count). The second-order valence-electron chi connectivity index (χ2n) is 4.23. The largest absolute Gasteiger partial charge is 0.496 e. The quantitative estimate of drug-likeness (QED) is 0.838. The first-order chi connectivity index (χ1) is 9.12. The normalized spacial score (nSPS) is 17.9. The van der Waals surface area contributed by atoms with E-state index in [1.165, 1.54) is 0 Å². The van der Waals surface area contributed by atoms with Crippen molar-refractivity contribution in [3.63, 3.8) is 0 Å². The lowest BCUT2D eigenvalue weighted by molar-refractivity contribution is 0.232. The fourth-order valence-corrected chi connectivity index (χ4v) is 2.26. The summed E-state index contributed by atoms with van der Waals surface area (Å²) in [5, 5.41) is 11.6. The molecule has 0 radical (unpaired) electrons. The molecule has 1 aromatic carbocycles. The molecule has 1 atom stereocenters. The number of amides is 2. The summed E-state index contributed by atoms with van der Waals surface area (Å²) >= 11 is 0. The topological polar surface area (TPSA) is 74.6 Å². The van der Waals surface area contributed by atoms with Crippen LogP contribution >= 0.6 is 0 Å². The second-order valence-corrected chi connectivity index (χ2v) is 4.23. The predicted molar refractivity (Wildman–Crippen MR) is 67.9 cm³/mol. The van der Waals surface area contributed by atoms with Gasteiger partial charge >= 0.3 is 6.03 Å². The van der Waals surface area contributed by atoms with Crippen molar-refractivity contribution in [3.8, 4) is 17.7 Å². The molecule has 1 heterocycles. The molecule has 1 N–H and O–H groups in total. The molecule has 1 aliphatic heterocycles. The van der Waals surface area contributed by atoms with Gasteiger partial charge in [0, 0.05) is 11.1 Å². The molecule has 2 amide bonds. The maximum absolute atomic E-state index is 11.5. The van der Waals surface area contributed by atoms with Gasteiger partial charge in [0.2, 0.25) is 0 Å². The number of hydrogen-bond acceptors (Lipinski definition) is 4. The highest BCUT2D eigenvalue weighted by Gasteiger charge is 2.32. The van der Waals surface area contributed by atoms with Gasteiger partial charge in [-0.2, -0.15) is 5.26 Å². The minimum atomic E-state index is -0.386. The van der Waals surface area contributed by atoms with Crippen molar-refractivity contribution in [3.05, 3.63) is 23.3 Å². The average Bonchev–Trinajstić information content (AvgIpc) is 2.79.